The van der Waals surface area contributed by atoms with Gasteiger partial charge in [-0.2, -0.15) is 5.10 Å². The minimum atomic E-state index is -2.53. The van der Waals surface area contributed by atoms with Gasteiger partial charge in [-0.1, -0.05) is 6.07 Å². The number of alkyl halides is 2. The second-order valence-electron chi connectivity index (χ2n) is 3.83. The first-order chi connectivity index (χ1) is 8.54. The lowest BCUT2D eigenvalue weighted by atomic mass is 10.0. The maximum atomic E-state index is 12.6. The molecule has 0 spiro atoms. The van der Waals surface area contributed by atoms with Gasteiger partial charge in [-0.05, 0) is 12.1 Å². The molecule has 0 aliphatic rings. The first-order valence-electron chi connectivity index (χ1n) is 5.28. The van der Waals surface area contributed by atoms with Gasteiger partial charge in [0.25, 0.3) is 6.43 Å². The van der Waals surface area contributed by atoms with Crippen molar-refractivity contribution in [2.75, 3.05) is 12.8 Å². The van der Waals surface area contributed by atoms with Crippen molar-refractivity contribution < 1.29 is 13.5 Å². The van der Waals surface area contributed by atoms with Crippen molar-refractivity contribution in [3.63, 3.8) is 0 Å². The van der Waals surface area contributed by atoms with Crippen LogP contribution < -0.4 is 10.5 Å². The highest BCUT2D eigenvalue weighted by Crippen LogP contribution is 2.35. The third kappa shape index (κ3) is 2.01. The average molecular weight is 253 g/mol. The lowest BCUT2D eigenvalue weighted by molar-refractivity contribution is 0.151. The molecule has 96 valence electrons. The number of aromatic nitrogens is 2. The second kappa shape index (κ2) is 4.64. The highest BCUT2D eigenvalue weighted by molar-refractivity contribution is 5.78. The van der Waals surface area contributed by atoms with Gasteiger partial charge >= 0.3 is 0 Å². The highest BCUT2D eigenvalue weighted by Gasteiger charge is 2.15. The number of nitrogens with zero attached hydrogens (tertiary/aromatic N) is 2. The number of rotatable bonds is 3. The van der Waals surface area contributed by atoms with E-state index in [9.17, 15) is 8.78 Å². The van der Waals surface area contributed by atoms with E-state index in [1.807, 2.05) is 0 Å². The van der Waals surface area contributed by atoms with Crippen molar-refractivity contribution in [3.8, 4) is 16.9 Å². The van der Waals surface area contributed by atoms with Crippen molar-refractivity contribution in [3.05, 3.63) is 30.0 Å². The first-order valence-corrected chi connectivity index (χ1v) is 5.28. The fraction of sp³-hybridized carbons (Fsp3) is 0.250. The van der Waals surface area contributed by atoms with Gasteiger partial charge in [-0.25, -0.2) is 8.78 Å². The van der Waals surface area contributed by atoms with Crippen LogP contribution in [0.15, 0.2) is 24.4 Å². The lowest BCUT2D eigenvalue weighted by Gasteiger charge is -2.10. The van der Waals surface area contributed by atoms with Gasteiger partial charge in [0.15, 0.2) is 0 Å². The van der Waals surface area contributed by atoms with Crippen LogP contribution in [0.4, 0.5) is 14.6 Å². The monoisotopic (exact) mass is 253 g/mol. The third-order valence-corrected chi connectivity index (χ3v) is 2.75. The summed E-state index contributed by atoms with van der Waals surface area (Å²) in [6.07, 6.45) is -0.950. The summed E-state index contributed by atoms with van der Waals surface area (Å²) in [6.45, 7) is 0. The Kier molecular flexibility index (Phi) is 3.18. The molecular weight excluding hydrogens is 240 g/mol. The number of ether oxygens (including phenoxy) is 1. The number of aryl methyl sites for hydroxylation is 1. The van der Waals surface area contributed by atoms with E-state index in [1.54, 1.807) is 19.3 Å². The quantitative estimate of drug-likeness (QED) is 0.914. The maximum absolute atomic E-state index is 12.6. The molecule has 0 radical (unpaired) electrons. The maximum Gasteiger partial charge on any atom is 0.263 e. The molecule has 0 unspecified atom stereocenters. The van der Waals surface area contributed by atoms with Gasteiger partial charge in [0.1, 0.15) is 11.6 Å². The summed E-state index contributed by atoms with van der Waals surface area (Å²) in [5, 5.41) is 4.01. The van der Waals surface area contributed by atoms with Crippen LogP contribution in [0.1, 0.15) is 12.0 Å². The Morgan fingerprint density at radius 2 is 2.06 bits per heavy atom. The van der Waals surface area contributed by atoms with Gasteiger partial charge in [-0.3, -0.25) is 4.68 Å². The number of halogens is 2. The van der Waals surface area contributed by atoms with Crippen LogP contribution in [-0.2, 0) is 7.05 Å². The molecule has 0 amide bonds. The largest absolute Gasteiger partial charge is 0.496 e. The zero-order chi connectivity index (χ0) is 13.3. The molecule has 1 aromatic heterocycles. The minimum absolute atomic E-state index is 0.0851. The molecule has 2 N–H and O–H groups in total. The van der Waals surface area contributed by atoms with Gasteiger partial charge in [-0.15, -0.1) is 0 Å². The summed E-state index contributed by atoms with van der Waals surface area (Å²) in [5.41, 5.74) is 7.08. The molecule has 0 aliphatic carbocycles. The Labute approximate surface area is 103 Å². The number of methoxy groups -OCH3 is 1. The number of benzene rings is 1. The molecule has 1 heterocycles. The smallest absolute Gasteiger partial charge is 0.263 e. The third-order valence-electron chi connectivity index (χ3n) is 2.75. The summed E-state index contributed by atoms with van der Waals surface area (Å²) in [6, 6.07) is 4.23. The van der Waals surface area contributed by atoms with E-state index in [0.29, 0.717) is 22.7 Å². The van der Waals surface area contributed by atoms with Gasteiger partial charge in [0.05, 0.1) is 13.3 Å². The van der Waals surface area contributed by atoms with Crippen molar-refractivity contribution in [2.45, 2.75) is 6.43 Å². The molecule has 0 aliphatic heterocycles. The van der Waals surface area contributed by atoms with Gasteiger partial charge in [0, 0.05) is 23.7 Å². The Morgan fingerprint density at radius 1 is 1.33 bits per heavy atom. The first kappa shape index (κ1) is 12.3. The molecule has 18 heavy (non-hydrogen) atoms. The molecule has 0 bridgehead atoms. The molecule has 0 atom stereocenters. The predicted molar refractivity (Wildman–Crippen MR) is 64.6 cm³/mol. The highest BCUT2D eigenvalue weighted by atomic mass is 19.3. The van der Waals surface area contributed by atoms with Crippen LogP contribution in [0.3, 0.4) is 0 Å². The molecule has 2 aromatic rings. The minimum Gasteiger partial charge on any atom is -0.496 e. The molecule has 0 saturated heterocycles. The average Bonchev–Trinajstić information content (AvgIpc) is 2.69. The van der Waals surface area contributed by atoms with Gasteiger partial charge < -0.3 is 10.5 Å². The van der Waals surface area contributed by atoms with Gasteiger partial charge in [0.2, 0.25) is 0 Å². The summed E-state index contributed by atoms with van der Waals surface area (Å²) in [4.78, 5) is 0. The van der Waals surface area contributed by atoms with Crippen LogP contribution in [0.25, 0.3) is 11.1 Å². The molecule has 0 saturated carbocycles. The Bertz CT molecular complexity index is 566. The molecule has 1 aromatic carbocycles. The lowest BCUT2D eigenvalue weighted by Crippen LogP contribution is -1.99. The van der Waals surface area contributed by atoms with E-state index in [-0.39, 0.29) is 5.56 Å². The van der Waals surface area contributed by atoms with E-state index >= 15 is 0 Å². The molecule has 6 heteroatoms. The molecule has 2 rings (SSSR count). The summed E-state index contributed by atoms with van der Waals surface area (Å²) in [7, 11) is 3.14. The summed E-state index contributed by atoms with van der Waals surface area (Å²) >= 11 is 0. The molecule has 4 nitrogen and oxygen atoms in total. The van der Waals surface area contributed by atoms with E-state index < -0.39 is 6.43 Å². The van der Waals surface area contributed by atoms with Crippen molar-refractivity contribution in [1.82, 2.24) is 9.78 Å². The second-order valence-corrected chi connectivity index (χ2v) is 3.83. The predicted octanol–water partition coefficient (Wildman–Crippen LogP) is 2.62. The zero-order valence-corrected chi connectivity index (χ0v) is 10.0. The van der Waals surface area contributed by atoms with Crippen LogP contribution in [0.2, 0.25) is 0 Å². The molecular formula is C12H13F2N3O. The fourth-order valence-corrected chi connectivity index (χ4v) is 1.72. The van der Waals surface area contributed by atoms with Crippen LogP contribution >= 0.6 is 0 Å². The Morgan fingerprint density at radius 3 is 2.56 bits per heavy atom. The number of hydrogen-bond acceptors (Lipinski definition) is 3. The van der Waals surface area contributed by atoms with Crippen molar-refractivity contribution in [1.29, 1.82) is 0 Å². The number of nitrogens with two attached hydrogens (primary N) is 1. The van der Waals surface area contributed by atoms with Crippen molar-refractivity contribution in [2.24, 2.45) is 7.05 Å². The Hall–Kier alpha value is -2.11. The van der Waals surface area contributed by atoms with Crippen LogP contribution in [0, 0.1) is 0 Å². The van der Waals surface area contributed by atoms with Crippen molar-refractivity contribution >= 4 is 5.82 Å². The van der Waals surface area contributed by atoms with E-state index in [0.717, 1.165) is 0 Å². The SMILES string of the molecule is COc1cc(C(F)F)ccc1-c1cnn(C)c1N. The Balaban J connectivity index is 2.54. The fourth-order valence-electron chi connectivity index (χ4n) is 1.72. The standard InChI is InChI=1S/C12H13F2N3O/c1-17-12(15)9(6-16-17)8-4-3-7(11(13)14)5-10(8)18-2/h3-6,11H,15H2,1-2H3. The van der Waals surface area contributed by atoms with E-state index in [2.05, 4.69) is 5.10 Å². The van der Waals surface area contributed by atoms with Crippen LogP contribution in [-0.4, -0.2) is 16.9 Å². The molecule has 0 fully saturated rings. The normalized spacial score (nSPS) is 10.9. The zero-order valence-electron chi connectivity index (χ0n) is 10.0. The number of nitrogen functional groups attached to an aromatic ring is 1. The topological polar surface area (TPSA) is 53.1 Å². The summed E-state index contributed by atoms with van der Waals surface area (Å²) < 4.78 is 31.8. The van der Waals surface area contributed by atoms with E-state index in [4.69, 9.17) is 10.5 Å². The number of hydrogen-bond donors (Lipinski definition) is 1. The summed E-state index contributed by atoms with van der Waals surface area (Å²) in [5.74, 6) is 0.811. The number of anilines is 1. The van der Waals surface area contributed by atoms with Crippen LogP contribution in [0.5, 0.6) is 5.75 Å². The van der Waals surface area contributed by atoms with E-state index in [1.165, 1.54) is 23.9 Å².